The Bertz CT molecular complexity index is 1130. The van der Waals surface area contributed by atoms with E-state index < -0.39 is 10.0 Å². The van der Waals surface area contributed by atoms with Gasteiger partial charge in [-0.15, -0.1) is 0 Å². The number of urea groups is 1. The zero-order valence-corrected chi connectivity index (χ0v) is 16.8. The third-order valence-electron chi connectivity index (χ3n) is 4.71. The van der Waals surface area contributed by atoms with E-state index in [0.717, 1.165) is 11.1 Å². The van der Waals surface area contributed by atoms with Crippen LogP contribution in [0.15, 0.2) is 47.4 Å². The van der Waals surface area contributed by atoms with Crippen molar-refractivity contribution in [3.63, 3.8) is 0 Å². The second-order valence-corrected chi connectivity index (χ2v) is 8.39. The van der Waals surface area contributed by atoms with E-state index in [2.05, 4.69) is 10.6 Å². The van der Waals surface area contributed by atoms with E-state index in [0.29, 0.717) is 29.6 Å². The number of nitrogens with one attached hydrogen (secondary N) is 2. The number of fused-ring (bicyclic) bond motifs is 1. The molecule has 7 nitrogen and oxygen atoms in total. The maximum atomic E-state index is 13.3. The van der Waals surface area contributed by atoms with Gasteiger partial charge in [0, 0.05) is 24.7 Å². The van der Waals surface area contributed by atoms with E-state index in [-0.39, 0.29) is 16.7 Å². The number of hydrogen-bond acceptors (Lipinski definition) is 4. The molecule has 0 unspecified atom stereocenters. The molecule has 1 aromatic heterocycles. The van der Waals surface area contributed by atoms with Crippen LogP contribution in [-0.4, -0.2) is 37.1 Å². The molecular formula is C20H23N3O4S. The minimum atomic E-state index is -3.82. The van der Waals surface area contributed by atoms with Gasteiger partial charge in [-0.25, -0.2) is 17.2 Å². The van der Waals surface area contributed by atoms with Crippen LogP contribution in [0.4, 0.5) is 4.79 Å². The Balaban J connectivity index is 2.14. The van der Waals surface area contributed by atoms with Crippen molar-refractivity contribution >= 4 is 27.0 Å². The highest BCUT2D eigenvalue weighted by Gasteiger charge is 2.25. The Morgan fingerprint density at radius 2 is 1.79 bits per heavy atom. The number of aromatic hydroxyl groups is 1. The quantitative estimate of drug-likeness (QED) is 0.612. The summed E-state index contributed by atoms with van der Waals surface area (Å²) in [4.78, 5) is 11.6. The Hall–Kier alpha value is -3.00. The molecule has 2 amide bonds. The maximum Gasteiger partial charge on any atom is 0.314 e. The number of hydrogen-bond donors (Lipinski definition) is 3. The lowest BCUT2D eigenvalue weighted by Crippen LogP contribution is -2.34. The SMILES string of the molecule is CNC(=O)NCCc1c(C)n(S(=O)(=O)c2ccc(C)cc2)c2ccc(O)cc12. The predicted molar refractivity (Wildman–Crippen MR) is 108 cm³/mol. The van der Waals surface area contributed by atoms with E-state index in [4.69, 9.17) is 0 Å². The van der Waals surface area contributed by atoms with Crippen LogP contribution < -0.4 is 10.6 Å². The molecule has 0 fully saturated rings. The maximum absolute atomic E-state index is 13.3. The van der Waals surface area contributed by atoms with Gasteiger partial charge >= 0.3 is 6.03 Å². The highest BCUT2D eigenvalue weighted by Crippen LogP contribution is 2.32. The first-order chi connectivity index (χ1) is 13.3. The number of phenols is 1. The Labute approximate surface area is 164 Å². The van der Waals surface area contributed by atoms with Gasteiger partial charge in [0.05, 0.1) is 10.4 Å². The van der Waals surface area contributed by atoms with Crippen molar-refractivity contribution in [1.29, 1.82) is 0 Å². The van der Waals surface area contributed by atoms with Gasteiger partial charge in [0.1, 0.15) is 5.75 Å². The smallest absolute Gasteiger partial charge is 0.314 e. The zero-order chi connectivity index (χ0) is 20.5. The summed E-state index contributed by atoms with van der Waals surface area (Å²) < 4.78 is 28.0. The fraction of sp³-hybridized carbons (Fsp3) is 0.250. The van der Waals surface area contributed by atoms with Crippen molar-refractivity contribution in [2.75, 3.05) is 13.6 Å². The summed E-state index contributed by atoms with van der Waals surface area (Å²) in [6, 6.07) is 11.0. The van der Waals surface area contributed by atoms with E-state index >= 15 is 0 Å². The second-order valence-electron chi connectivity index (χ2n) is 6.60. The number of rotatable bonds is 5. The third kappa shape index (κ3) is 3.55. The molecule has 3 aromatic rings. The fourth-order valence-corrected chi connectivity index (χ4v) is 4.85. The number of benzene rings is 2. The first kappa shape index (κ1) is 19.8. The van der Waals surface area contributed by atoms with E-state index in [1.54, 1.807) is 43.3 Å². The zero-order valence-electron chi connectivity index (χ0n) is 16.0. The number of carbonyl (C=O) groups is 1. The Kier molecular flexibility index (Phi) is 5.33. The molecule has 3 rings (SSSR count). The van der Waals surface area contributed by atoms with Crippen LogP contribution in [-0.2, 0) is 16.4 Å². The largest absolute Gasteiger partial charge is 0.508 e. The second kappa shape index (κ2) is 7.55. The molecule has 2 aromatic carbocycles. The van der Waals surface area contributed by atoms with Crippen LogP contribution in [0.2, 0.25) is 0 Å². The van der Waals surface area contributed by atoms with Crippen LogP contribution >= 0.6 is 0 Å². The molecule has 0 saturated heterocycles. The summed E-state index contributed by atoms with van der Waals surface area (Å²) >= 11 is 0. The average Bonchev–Trinajstić information content (AvgIpc) is 2.93. The summed E-state index contributed by atoms with van der Waals surface area (Å²) in [7, 11) is -2.29. The molecule has 0 spiro atoms. The number of phenolic OH excluding ortho intramolecular Hbond substituents is 1. The van der Waals surface area contributed by atoms with Crippen molar-refractivity contribution in [2.45, 2.75) is 25.2 Å². The van der Waals surface area contributed by atoms with E-state index in [9.17, 15) is 18.3 Å². The van der Waals surface area contributed by atoms with Crippen LogP contribution in [0.1, 0.15) is 16.8 Å². The van der Waals surface area contributed by atoms with Gasteiger partial charge in [0.2, 0.25) is 0 Å². The predicted octanol–water partition coefficient (Wildman–Crippen LogP) is 2.67. The summed E-state index contributed by atoms with van der Waals surface area (Å²) in [5.74, 6) is 0.0536. The van der Waals surface area contributed by atoms with E-state index in [1.807, 2.05) is 6.92 Å². The van der Waals surface area contributed by atoms with Gasteiger partial charge < -0.3 is 15.7 Å². The third-order valence-corrected chi connectivity index (χ3v) is 6.53. The normalized spacial score (nSPS) is 11.5. The fourth-order valence-electron chi connectivity index (χ4n) is 3.27. The molecule has 1 heterocycles. The van der Waals surface area contributed by atoms with Gasteiger partial charge in [-0.1, -0.05) is 17.7 Å². The average molecular weight is 401 g/mol. The summed E-state index contributed by atoms with van der Waals surface area (Å²) in [6.07, 6.45) is 0.426. The lowest BCUT2D eigenvalue weighted by molar-refractivity contribution is 0.243. The molecule has 0 radical (unpaired) electrons. The summed E-state index contributed by atoms with van der Waals surface area (Å²) in [5.41, 5.74) is 2.78. The molecule has 8 heteroatoms. The first-order valence-electron chi connectivity index (χ1n) is 8.86. The van der Waals surface area contributed by atoms with Crippen LogP contribution in [0, 0.1) is 13.8 Å². The molecule has 0 bridgehead atoms. The molecule has 0 aliphatic rings. The van der Waals surface area contributed by atoms with Crippen molar-refractivity contribution in [3.8, 4) is 5.75 Å². The van der Waals surface area contributed by atoms with Crippen LogP contribution in [0.3, 0.4) is 0 Å². The van der Waals surface area contributed by atoms with Gasteiger partial charge in [-0.2, -0.15) is 0 Å². The monoisotopic (exact) mass is 401 g/mol. The van der Waals surface area contributed by atoms with Crippen LogP contribution in [0.5, 0.6) is 5.75 Å². The molecule has 0 saturated carbocycles. The van der Waals surface area contributed by atoms with Gasteiger partial charge in [0.25, 0.3) is 10.0 Å². The van der Waals surface area contributed by atoms with Crippen molar-refractivity contribution < 1.29 is 18.3 Å². The Morgan fingerprint density at radius 3 is 2.43 bits per heavy atom. The number of aromatic nitrogens is 1. The molecule has 3 N–H and O–H groups in total. The molecule has 0 atom stereocenters. The number of aryl methyl sites for hydroxylation is 1. The van der Waals surface area contributed by atoms with Crippen molar-refractivity contribution in [3.05, 3.63) is 59.3 Å². The Morgan fingerprint density at radius 1 is 1.11 bits per heavy atom. The summed E-state index contributed by atoms with van der Waals surface area (Å²) in [5, 5.41) is 15.7. The number of amides is 2. The number of nitrogens with zero attached hydrogens (tertiary/aromatic N) is 1. The molecule has 148 valence electrons. The minimum absolute atomic E-state index is 0.0536. The lowest BCUT2D eigenvalue weighted by atomic mass is 10.1. The highest BCUT2D eigenvalue weighted by molar-refractivity contribution is 7.90. The summed E-state index contributed by atoms with van der Waals surface area (Å²) in [6.45, 7) is 3.96. The lowest BCUT2D eigenvalue weighted by Gasteiger charge is -2.11. The van der Waals surface area contributed by atoms with Crippen molar-refractivity contribution in [1.82, 2.24) is 14.6 Å². The highest BCUT2D eigenvalue weighted by atomic mass is 32.2. The first-order valence-corrected chi connectivity index (χ1v) is 10.3. The topological polar surface area (TPSA) is 100 Å². The van der Waals surface area contributed by atoms with Crippen molar-refractivity contribution in [2.24, 2.45) is 0 Å². The minimum Gasteiger partial charge on any atom is -0.508 e. The standard InChI is InChI=1S/C20H23N3O4S/c1-13-4-7-16(8-5-13)28(26,27)23-14(2)17(10-11-22-20(25)21-3)18-12-15(24)6-9-19(18)23/h4-9,12,24H,10-11H2,1-3H3,(H2,21,22,25). The molecular weight excluding hydrogens is 378 g/mol. The molecule has 28 heavy (non-hydrogen) atoms. The van der Waals surface area contributed by atoms with Crippen LogP contribution in [0.25, 0.3) is 10.9 Å². The van der Waals surface area contributed by atoms with Gasteiger partial charge in [0.15, 0.2) is 0 Å². The number of carbonyl (C=O) groups excluding carboxylic acids is 1. The van der Waals surface area contributed by atoms with E-state index in [1.165, 1.54) is 17.1 Å². The van der Waals surface area contributed by atoms with Gasteiger partial charge in [-0.3, -0.25) is 0 Å². The van der Waals surface area contributed by atoms with Gasteiger partial charge in [-0.05, 0) is 56.2 Å². The molecule has 0 aliphatic carbocycles. The molecule has 0 aliphatic heterocycles.